The summed E-state index contributed by atoms with van der Waals surface area (Å²) in [5, 5.41) is 12.1. The van der Waals surface area contributed by atoms with Crippen molar-refractivity contribution in [2.75, 3.05) is 18.2 Å². The smallest absolute Gasteiger partial charge is 0.327 e. The highest BCUT2D eigenvalue weighted by Crippen LogP contribution is 2.48. The van der Waals surface area contributed by atoms with Crippen molar-refractivity contribution in [3.8, 4) is 5.75 Å². The van der Waals surface area contributed by atoms with E-state index in [1.54, 1.807) is 6.07 Å². The number of hydrazine groups is 1. The lowest BCUT2D eigenvalue weighted by Gasteiger charge is -2.24. The Hall–Kier alpha value is -2.87. The number of benzene rings is 1. The largest absolute Gasteiger partial charge is 0.488 e. The second-order valence-electron chi connectivity index (χ2n) is 7.58. The van der Waals surface area contributed by atoms with Gasteiger partial charge in [-0.3, -0.25) is 19.8 Å². The van der Waals surface area contributed by atoms with Gasteiger partial charge in [-0.1, -0.05) is 6.07 Å². The molecule has 29 heavy (non-hydrogen) atoms. The van der Waals surface area contributed by atoms with Crippen LogP contribution in [0.2, 0.25) is 0 Å². The number of anilines is 1. The Balaban J connectivity index is 1.49. The highest BCUT2D eigenvalue weighted by Gasteiger charge is 2.37. The summed E-state index contributed by atoms with van der Waals surface area (Å²) in [5.41, 5.74) is 6.88. The van der Waals surface area contributed by atoms with Crippen LogP contribution in [0, 0.1) is 0 Å². The van der Waals surface area contributed by atoms with Crippen molar-refractivity contribution in [1.29, 1.82) is 0 Å². The van der Waals surface area contributed by atoms with Crippen molar-refractivity contribution >= 4 is 29.5 Å². The number of pyridine rings is 1. The van der Waals surface area contributed by atoms with Gasteiger partial charge in [0.15, 0.2) is 0 Å². The molecule has 8 heteroatoms. The number of rotatable bonds is 5. The lowest BCUT2D eigenvalue weighted by Crippen LogP contribution is -2.29. The van der Waals surface area contributed by atoms with E-state index in [0.29, 0.717) is 11.7 Å². The van der Waals surface area contributed by atoms with Crippen molar-refractivity contribution in [2.45, 2.75) is 36.4 Å². The van der Waals surface area contributed by atoms with Gasteiger partial charge in [0.25, 0.3) is 5.56 Å². The van der Waals surface area contributed by atoms with E-state index in [0.717, 1.165) is 46.0 Å². The fraction of sp³-hybridized carbons (Fsp3) is 0.333. The zero-order valence-corrected chi connectivity index (χ0v) is 16.7. The lowest BCUT2D eigenvalue weighted by atomic mass is 10.1. The predicted octanol–water partition coefficient (Wildman–Crippen LogP) is 3.28. The first kappa shape index (κ1) is 18.2. The first-order valence-electron chi connectivity index (χ1n) is 9.60. The Kier molecular flexibility index (Phi) is 4.31. The minimum atomic E-state index is -0.954. The van der Waals surface area contributed by atoms with Gasteiger partial charge in [0.1, 0.15) is 18.4 Å². The molecule has 0 spiro atoms. The first-order chi connectivity index (χ1) is 14.0. The van der Waals surface area contributed by atoms with Crippen LogP contribution in [0.4, 0.5) is 5.69 Å². The molecule has 7 nitrogen and oxygen atoms in total. The summed E-state index contributed by atoms with van der Waals surface area (Å²) in [6.07, 6.45) is 6.05. The van der Waals surface area contributed by atoms with Gasteiger partial charge in [-0.15, -0.1) is 11.8 Å². The van der Waals surface area contributed by atoms with Crippen molar-refractivity contribution in [3.05, 3.63) is 57.5 Å². The van der Waals surface area contributed by atoms with E-state index in [9.17, 15) is 14.7 Å². The molecule has 2 N–H and O–H groups in total. The molecule has 1 atom stereocenters. The van der Waals surface area contributed by atoms with Gasteiger partial charge in [-0.05, 0) is 42.5 Å². The van der Waals surface area contributed by atoms with Gasteiger partial charge in [0.2, 0.25) is 0 Å². The van der Waals surface area contributed by atoms with Crippen LogP contribution in [0.15, 0.2) is 40.3 Å². The average molecular weight is 411 g/mol. The summed E-state index contributed by atoms with van der Waals surface area (Å²) in [6.45, 7) is 0.285. The van der Waals surface area contributed by atoms with Gasteiger partial charge in [-0.2, -0.15) is 0 Å². The Morgan fingerprint density at radius 3 is 2.97 bits per heavy atom. The topological polar surface area (TPSA) is 83.8 Å². The van der Waals surface area contributed by atoms with Gasteiger partial charge >= 0.3 is 5.97 Å². The van der Waals surface area contributed by atoms with E-state index < -0.39 is 12.0 Å². The third kappa shape index (κ3) is 3.17. The number of hydrogen-bond donors (Lipinski definition) is 2. The van der Waals surface area contributed by atoms with E-state index in [-0.39, 0.29) is 12.2 Å². The number of nitrogens with zero attached hydrogens (tertiary/aromatic N) is 2. The van der Waals surface area contributed by atoms with Crippen LogP contribution in [-0.4, -0.2) is 33.5 Å². The molecule has 150 valence electrons. The third-order valence-electron chi connectivity index (χ3n) is 5.50. The highest BCUT2D eigenvalue weighted by atomic mass is 32.2. The van der Waals surface area contributed by atoms with Crippen LogP contribution in [0.5, 0.6) is 5.75 Å². The minimum Gasteiger partial charge on any atom is -0.488 e. The summed E-state index contributed by atoms with van der Waals surface area (Å²) in [4.78, 5) is 24.3. The molecule has 0 amide bonds. The fourth-order valence-corrected chi connectivity index (χ4v) is 5.37. The summed E-state index contributed by atoms with van der Waals surface area (Å²) >= 11 is 1.47. The molecule has 3 heterocycles. The Bertz CT molecular complexity index is 1090. The maximum absolute atomic E-state index is 12.7. The predicted molar refractivity (Wildman–Crippen MR) is 111 cm³/mol. The average Bonchev–Trinajstić information content (AvgIpc) is 3.42. The number of carbonyl (C=O) groups is 1. The van der Waals surface area contributed by atoms with Crippen LogP contribution < -0.4 is 15.7 Å². The normalized spacial score (nSPS) is 19.5. The SMILES string of the molecule is CN1C=Cc2c(cccc2OCc2cc(=O)n3c(c2C2CC2)SCC3C(=O)O)N1. The molecule has 3 aliphatic rings. The number of nitrogens with one attached hydrogen (secondary N) is 1. The molecular weight excluding hydrogens is 390 g/mol. The molecule has 1 fully saturated rings. The molecule has 5 rings (SSSR count). The number of ether oxygens (including phenoxy) is 1. The van der Waals surface area contributed by atoms with Gasteiger partial charge in [0.05, 0.1) is 10.7 Å². The Labute approximate surface area is 171 Å². The van der Waals surface area contributed by atoms with Crippen molar-refractivity contribution < 1.29 is 14.6 Å². The van der Waals surface area contributed by atoms with E-state index in [2.05, 4.69) is 5.43 Å². The summed E-state index contributed by atoms with van der Waals surface area (Å²) < 4.78 is 7.61. The van der Waals surface area contributed by atoms with Crippen molar-refractivity contribution in [1.82, 2.24) is 9.58 Å². The molecular formula is C21H21N3O4S. The minimum absolute atomic E-state index is 0.265. The molecule has 0 bridgehead atoms. The molecule has 1 aromatic carbocycles. The first-order valence-corrected chi connectivity index (χ1v) is 10.6. The lowest BCUT2D eigenvalue weighted by molar-refractivity contribution is -0.140. The fourth-order valence-electron chi connectivity index (χ4n) is 3.96. The van der Waals surface area contributed by atoms with Gasteiger partial charge in [0, 0.05) is 36.2 Å². The van der Waals surface area contributed by atoms with Crippen molar-refractivity contribution in [3.63, 3.8) is 0 Å². The molecule has 1 aliphatic carbocycles. The number of aromatic nitrogens is 1. The molecule has 0 saturated heterocycles. The van der Waals surface area contributed by atoms with E-state index in [4.69, 9.17) is 4.74 Å². The Morgan fingerprint density at radius 2 is 2.21 bits per heavy atom. The zero-order chi connectivity index (χ0) is 20.1. The standard InChI is InChI=1S/C21H21N3O4S/c1-23-8-7-14-15(22-23)3-2-4-17(14)28-10-13-9-18(25)24-16(21(26)27)11-29-20(24)19(13)12-5-6-12/h2-4,7-9,12,16,22H,5-6,10-11H2,1H3,(H,26,27). The molecule has 2 aromatic rings. The maximum atomic E-state index is 12.7. The summed E-state index contributed by atoms with van der Waals surface area (Å²) in [7, 11) is 1.93. The van der Waals surface area contributed by atoms with Crippen LogP contribution in [0.3, 0.4) is 0 Å². The second-order valence-corrected chi connectivity index (χ2v) is 8.59. The molecule has 2 aliphatic heterocycles. The maximum Gasteiger partial charge on any atom is 0.327 e. The molecule has 1 aromatic heterocycles. The van der Waals surface area contributed by atoms with Gasteiger partial charge < -0.3 is 9.84 Å². The molecule has 1 unspecified atom stereocenters. The van der Waals surface area contributed by atoms with E-state index >= 15 is 0 Å². The van der Waals surface area contributed by atoms with Crippen molar-refractivity contribution in [2.24, 2.45) is 0 Å². The van der Waals surface area contributed by atoms with E-state index in [1.807, 2.05) is 42.5 Å². The van der Waals surface area contributed by atoms with Gasteiger partial charge in [-0.25, -0.2) is 4.79 Å². The monoisotopic (exact) mass is 411 g/mol. The number of aliphatic carboxylic acids is 1. The second kappa shape index (κ2) is 6.88. The number of carboxylic acid groups (broad SMARTS) is 1. The Morgan fingerprint density at radius 1 is 1.38 bits per heavy atom. The number of hydrogen-bond acceptors (Lipinski definition) is 6. The summed E-state index contributed by atoms with van der Waals surface area (Å²) in [6, 6.07) is 6.62. The molecule has 1 saturated carbocycles. The van der Waals surface area contributed by atoms with Crippen LogP contribution in [-0.2, 0) is 11.4 Å². The van der Waals surface area contributed by atoms with Crippen LogP contribution >= 0.6 is 11.8 Å². The number of thioether (sulfide) groups is 1. The quantitative estimate of drug-likeness (QED) is 0.781. The van der Waals surface area contributed by atoms with Crippen LogP contribution in [0.1, 0.15) is 41.5 Å². The van der Waals surface area contributed by atoms with E-state index in [1.165, 1.54) is 16.3 Å². The zero-order valence-electron chi connectivity index (χ0n) is 15.9. The van der Waals surface area contributed by atoms with Crippen LogP contribution in [0.25, 0.3) is 6.08 Å². The highest BCUT2D eigenvalue weighted by molar-refractivity contribution is 7.99. The molecule has 0 radical (unpaired) electrons. The third-order valence-corrected chi connectivity index (χ3v) is 6.67. The summed E-state index contributed by atoms with van der Waals surface area (Å²) in [5.74, 6) is 0.572. The number of carboxylic acids is 1. The number of fused-ring (bicyclic) bond motifs is 2.